The molecule has 0 saturated carbocycles. The van der Waals surface area contributed by atoms with Crippen LogP contribution in [0, 0.1) is 13.8 Å². The Morgan fingerprint density at radius 3 is 2.42 bits per heavy atom. The fourth-order valence-corrected chi connectivity index (χ4v) is 3.49. The number of aryl methyl sites for hydroxylation is 4. The summed E-state index contributed by atoms with van der Waals surface area (Å²) in [5.41, 5.74) is 6.40. The fraction of sp³-hybridized carbons (Fsp3) is 0.435. The van der Waals surface area contributed by atoms with Gasteiger partial charge in [-0.15, -0.1) is 0 Å². The van der Waals surface area contributed by atoms with Gasteiger partial charge in [0.05, 0.1) is 6.04 Å². The van der Waals surface area contributed by atoms with E-state index in [4.69, 9.17) is 4.74 Å². The van der Waals surface area contributed by atoms with Crippen LogP contribution in [0.15, 0.2) is 36.4 Å². The van der Waals surface area contributed by atoms with Crippen molar-refractivity contribution in [3.8, 4) is 5.75 Å². The Morgan fingerprint density at radius 2 is 1.69 bits per heavy atom. The molecular formula is C23H29NO2. The number of amides is 1. The summed E-state index contributed by atoms with van der Waals surface area (Å²) in [5.74, 6) is 0.695. The van der Waals surface area contributed by atoms with Crippen molar-refractivity contribution in [2.75, 3.05) is 0 Å². The smallest absolute Gasteiger partial charge is 0.261 e. The number of fused-ring (bicyclic) bond motifs is 1. The third kappa shape index (κ3) is 4.27. The number of nitrogens with one attached hydrogen (secondary N) is 1. The standard InChI is InChI=1S/C23H29NO2/c1-15-9-10-20(13-16(15)2)17(3)24-23(25)18(4)26-22-12-11-19-7-5-6-8-21(19)14-22/h9-14,17-18H,5-8H2,1-4H3,(H,24,25)/t17-,18-/m1/s1. The topological polar surface area (TPSA) is 38.3 Å². The van der Waals surface area contributed by atoms with E-state index in [1.807, 2.05) is 19.9 Å². The van der Waals surface area contributed by atoms with Crippen molar-refractivity contribution in [1.29, 1.82) is 0 Å². The largest absolute Gasteiger partial charge is 0.481 e. The van der Waals surface area contributed by atoms with Crippen LogP contribution in [0.2, 0.25) is 0 Å². The summed E-state index contributed by atoms with van der Waals surface area (Å²) in [6, 6.07) is 12.5. The molecule has 138 valence electrons. The number of rotatable bonds is 5. The van der Waals surface area contributed by atoms with Crippen LogP contribution in [0.5, 0.6) is 5.75 Å². The first kappa shape index (κ1) is 18.5. The Balaban J connectivity index is 1.61. The van der Waals surface area contributed by atoms with E-state index < -0.39 is 6.10 Å². The molecule has 0 radical (unpaired) electrons. The van der Waals surface area contributed by atoms with Gasteiger partial charge < -0.3 is 10.1 Å². The van der Waals surface area contributed by atoms with Crippen LogP contribution in [-0.2, 0) is 17.6 Å². The molecule has 1 amide bonds. The first-order chi connectivity index (χ1) is 12.4. The normalized spacial score (nSPS) is 15.7. The number of hydrogen-bond acceptors (Lipinski definition) is 2. The second kappa shape index (κ2) is 7.94. The zero-order valence-electron chi connectivity index (χ0n) is 16.3. The molecule has 0 unspecified atom stereocenters. The number of benzene rings is 2. The van der Waals surface area contributed by atoms with Gasteiger partial charge in [-0.2, -0.15) is 0 Å². The van der Waals surface area contributed by atoms with E-state index in [1.54, 1.807) is 0 Å². The first-order valence-corrected chi connectivity index (χ1v) is 9.60. The third-order valence-electron chi connectivity index (χ3n) is 5.39. The van der Waals surface area contributed by atoms with E-state index in [2.05, 4.69) is 49.5 Å². The predicted octanol–water partition coefficient (Wildman–Crippen LogP) is 4.83. The minimum Gasteiger partial charge on any atom is -0.481 e. The van der Waals surface area contributed by atoms with Crippen LogP contribution in [0.3, 0.4) is 0 Å². The zero-order valence-corrected chi connectivity index (χ0v) is 16.3. The van der Waals surface area contributed by atoms with Gasteiger partial charge in [0.25, 0.3) is 5.91 Å². The highest BCUT2D eigenvalue weighted by Gasteiger charge is 2.19. The molecule has 3 heteroatoms. The summed E-state index contributed by atoms with van der Waals surface area (Å²) in [5, 5.41) is 3.06. The molecule has 0 bridgehead atoms. The summed E-state index contributed by atoms with van der Waals surface area (Å²) in [4.78, 5) is 12.5. The SMILES string of the molecule is Cc1ccc([C@@H](C)NC(=O)[C@@H](C)Oc2ccc3c(c2)CCCC3)cc1C. The van der Waals surface area contributed by atoms with Crippen molar-refractivity contribution in [3.05, 3.63) is 64.2 Å². The number of hydrogen-bond donors (Lipinski definition) is 1. The third-order valence-corrected chi connectivity index (χ3v) is 5.39. The lowest BCUT2D eigenvalue weighted by molar-refractivity contribution is -0.127. The van der Waals surface area contributed by atoms with Crippen LogP contribution >= 0.6 is 0 Å². The lowest BCUT2D eigenvalue weighted by Gasteiger charge is -2.21. The summed E-state index contributed by atoms with van der Waals surface area (Å²) in [6.07, 6.45) is 4.24. The molecule has 26 heavy (non-hydrogen) atoms. The maximum absolute atomic E-state index is 12.5. The molecular weight excluding hydrogens is 322 g/mol. The monoisotopic (exact) mass is 351 g/mol. The number of carbonyl (C=O) groups excluding carboxylic acids is 1. The van der Waals surface area contributed by atoms with E-state index in [-0.39, 0.29) is 11.9 Å². The van der Waals surface area contributed by atoms with Gasteiger partial charge in [-0.25, -0.2) is 0 Å². The lowest BCUT2D eigenvalue weighted by atomic mass is 9.92. The highest BCUT2D eigenvalue weighted by molar-refractivity contribution is 5.81. The quantitative estimate of drug-likeness (QED) is 0.838. The van der Waals surface area contributed by atoms with Crippen molar-refractivity contribution in [2.45, 2.75) is 65.5 Å². The molecule has 3 rings (SSSR count). The van der Waals surface area contributed by atoms with E-state index in [1.165, 1.54) is 35.1 Å². The van der Waals surface area contributed by atoms with E-state index >= 15 is 0 Å². The molecule has 2 aromatic carbocycles. The molecule has 1 N–H and O–H groups in total. The number of carbonyl (C=O) groups is 1. The van der Waals surface area contributed by atoms with Gasteiger partial charge >= 0.3 is 0 Å². The van der Waals surface area contributed by atoms with E-state index in [0.29, 0.717) is 0 Å². The van der Waals surface area contributed by atoms with Crippen LogP contribution in [0.4, 0.5) is 0 Å². The van der Waals surface area contributed by atoms with Crippen molar-refractivity contribution in [1.82, 2.24) is 5.32 Å². The van der Waals surface area contributed by atoms with Crippen molar-refractivity contribution in [3.63, 3.8) is 0 Å². The molecule has 1 aliphatic carbocycles. The predicted molar refractivity (Wildman–Crippen MR) is 106 cm³/mol. The Labute approximate surface area is 156 Å². The molecule has 1 aliphatic rings. The van der Waals surface area contributed by atoms with Crippen LogP contribution in [-0.4, -0.2) is 12.0 Å². The Kier molecular flexibility index (Phi) is 5.65. The molecule has 0 saturated heterocycles. The second-order valence-electron chi connectivity index (χ2n) is 7.47. The Bertz CT molecular complexity index is 797. The molecule has 0 aliphatic heterocycles. The number of ether oxygens (including phenoxy) is 1. The van der Waals surface area contributed by atoms with E-state index in [0.717, 1.165) is 24.2 Å². The van der Waals surface area contributed by atoms with Gasteiger partial charge in [-0.1, -0.05) is 24.3 Å². The average molecular weight is 351 g/mol. The molecule has 3 nitrogen and oxygen atoms in total. The highest BCUT2D eigenvalue weighted by Crippen LogP contribution is 2.26. The minimum absolute atomic E-state index is 0.0450. The van der Waals surface area contributed by atoms with Crippen LogP contribution in [0.25, 0.3) is 0 Å². The summed E-state index contributed by atoms with van der Waals surface area (Å²) in [7, 11) is 0. The van der Waals surface area contributed by atoms with Gasteiger partial charge in [-0.05, 0) is 93.3 Å². The molecule has 0 fully saturated rings. The van der Waals surface area contributed by atoms with Crippen LogP contribution < -0.4 is 10.1 Å². The molecule has 0 spiro atoms. The van der Waals surface area contributed by atoms with Crippen LogP contribution in [0.1, 0.15) is 60.5 Å². The van der Waals surface area contributed by atoms with E-state index in [9.17, 15) is 4.79 Å². The fourth-order valence-electron chi connectivity index (χ4n) is 3.49. The summed E-state index contributed by atoms with van der Waals surface area (Å²) in [6.45, 7) is 8.00. The maximum Gasteiger partial charge on any atom is 0.261 e. The summed E-state index contributed by atoms with van der Waals surface area (Å²) >= 11 is 0. The van der Waals surface area contributed by atoms with Crippen molar-refractivity contribution < 1.29 is 9.53 Å². The molecule has 2 atom stereocenters. The second-order valence-corrected chi connectivity index (χ2v) is 7.47. The Hall–Kier alpha value is -2.29. The molecule has 0 heterocycles. The highest BCUT2D eigenvalue weighted by atomic mass is 16.5. The van der Waals surface area contributed by atoms with Gasteiger partial charge in [-0.3, -0.25) is 4.79 Å². The van der Waals surface area contributed by atoms with Gasteiger partial charge in [0.2, 0.25) is 0 Å². The Morgan fingerprint density at radius 1 is 0.962 bits per heavy atom. The molecule has 0 aromatic heterocycles. The van der Waals surface area contributed by atoms with Gasteiger partial charge in [0, 0.05) is 0 Å². The van der Waals surface area contributed by atoms with Gasteiger partial charge in [0.15, 0.2) is 6.10 Å². The van der Waals surface area contributed by atoms with Crippen molar-refractivity contribution in [2.24, 2.45) is 0 Å². The van der Waals surface area contributed by atoms with Crippen molar-refractivity contribution >= 4 is 5.91 Å². The lowest BCUT2D eigenvalue weighted by Crippen LogP contribution is -2.37. The van der Waals surface area contributed by atoms with Gasteiger partial charge in [0.1, 0.15) is 5.75 Å². The minimum atomic E-state index is -0.523. The first-order valence-electron chi connectivity index (χ1n) is 9.60. The molecule has 2 aromatic rings. The maximum atomic E-state index is 12.5. The summed E-state index contributed by atoms with van der Waals surface area (Å²) < 4.78 is 5.91. The zero-order chi connectivity index (χ0) is 18.7. The average Bonchev–Trinajstić information content (AvgIpc) is 2.63.